The van der Waals surface area contributed by atoms with Crippen LogP contribution in [0.3, 0.4) is 0 Å². The molecule has 12 heteroatoms. The van der Waals surface area contributed by atoms with Crippen LogP contribution >= 0.6 is 0 Å². The highest BCUT2D eigenvalue weighted by Crippen LogP contribution is 2.32. The number of carbonyl (C=O) groups is 1. The number of nitrogen functional groups attached to an aromatic ring is 1. The number of aliphatic hydroxyl groups is 2. The van der Waals surface area contributed by atoms with E-state index in [9.17, 15) is 15.0 Å². The molecule has 2 aromatic heterocycles. The minimum Gasteiger partial charge on any atom is -0.481 e. The lowest BCUT2D eigenvalue weighted by atomic mass is 10.1. The van der Waals surface area contributed by atoms with Crippen LogP contribution in [0.5, 0.6) is 0 Å². The Morgan fingerprint density at radius 1 is 1.21 bits per heavy atom. The fourth-order valence-electron chi connectivity index (χ4n) is 3.51. The van der Waals surface area contributed by atoms with E-state index < -0.39 is 30.5 Å². The first-order valence-electron chi connectivity index (χ1n) is 9.51. The maximum Gasteiger partial charge on any atom is 0.303 e. The molecule has 1 fully saturated rings. The summed E-state index contributed by atoms with van der Waals surface area (Å²) in [5.41, 5.74) is 12.3. The van der Waals surface area contributed by atoms with Crippen LogP contribution in [0, 0.1) is 0 Å². The van der Waals surface area contributed by atoms with Gasteiger partial charge in [0.25, 0.3) is 0 Å². The zero-order chi connectivity index (χ0) is 21.0. The quantitative estimate of drug-likeness (QED) is 0.289. The molecule has 1 aliphatic rings. The number of fused-ring (bicyclic) bond motifs is 1. The molecule has 3 heterocycles. The van der Waals surface area contributed by atoms with E-state index in [1.54, 1.807) is 0 Å². The zero-order valence-corrected chi connectivity index (χ0v) is 16.0. The Morgan fingerprint density at radius 3 is 2.72 bits per heavy atom. The lowest BCUT2D eigenvalue weighted by molar-refractivity contribution is -0.137. The smallest absolute Gasteiger partial charge is 0.303 e. The molecule has 0 radical (unpaired) electrons. The molecule has 12 nitrogen and oxygen atoms in total. The van der Waals surface area contributed by atoms with E-state index in [1.807, 2.05) is 4.90 Å². The van der Waals surface area contributed by atoms with Gasteiger partial charge in [-0.3, -0.25) is 14.3 Å². The predicted molar refractivity (Wildman–Crippen MR) is 103 cm³/mol. The summed E-state index contributed by atoms with van der Waals surface area (Å²) in [5.74, 6) is -0.610. The SMILES string of the molecule is NCCN(CCCCC(=O)O)C[C@H]1O[C@@H](n2cnc3c(N)ncnc32)[C@H](O)[C@@H]1O. The van der Waals surface area contributed by atoms with Crippen molar-refractivity contribution in [1.29, 1.82) is 0 Å². The van der Waals surface area contributed by atoms with Crippen LogP contribution in [-0.2, 0) is 9.53 Å². The standard InChI is InChI=1S/C17H27N7O5/c18-4-6-23(5-2-1-3-11(25)26)7-10-13(27)14(28)17(29-10)24-9-22-12-15(19)20-8-21-16(12)24/h8-10,13-14,17,27-28H,1-7,18H2,(H,25,26)(H2,19,20,21)/t10-,13-,14-,17-/m1/s1. The van der Waals surface area contributed by atoms with Crippen LogP contribution in [0.15, 0.2) is 12.7 Å². The van der Waals surface area contributed by atoms with Gasteiger partial charge in [-0.05, 0) is 19.4 Å². The van der Waals surface area contributed by atoms with Crippen molar-refractivity contribution in [1.82, 2.24) is 24.4 Å². The molecule has 0 aromatic carbocycles. The summed E-state index contributed by atoms with van der Waals surface area (Å²) in [6, 6.07) is 0. The molecule has 7 N–H and O–H groups in total. The fraction of sp³-hybridized carbons (Fsp3) is 0.647. The molecular weight excluding hydrogens is 382 g/mol. The third kappa shape index (κ3) is 4.79. The maximum absolute atomic E-state index is 10.7. The molecule has 0 aliphatic carbocycles. The molecule has 1 saturated heterocycles. The van der Waals surface area contributed by atoms with E-state index in [1.165, 1.54) is 17.2 Å². The Bertz CT molecular complexity index is 832. The van der Waals surface area contributed by atoms with E-state index in [0.717, 1.165) is 0 Å². The molecule has 0 bridgehead atoms. The number of anilines is 1. The van der Waals surface area contributed by atoms with Gasteiger partial charge in [-0.15, -0.1) is 0 Å². The van der Waals surface area contributed by atoms with Gasteiger partial charge >= 0.3 is 5.97 Å². The van der Waals surface area contributed by atoms with Crippen molar-refractivity contribution in [2.24, 2.45) is 5.73 Å². The number of imidazole rings is 1. The summed E-state index contributed by atoms with van der Waals surface area (Å²) >= 11 is 0. The van der Waals surface area contributed by atoms with Crippen molar-refractivity contribution in [2.45, 2.75) is 43.8 Å². The normalized spacial score (nSPS) is 24.6. The second-order valence-corrected chi connectivity index (χ2v) is 7.07. The zero-order valence-electron chi connectivity index (χ0n) is 16.0. The molecule has 3 rings (SSSR count). The summed E-state index contributed by atoms with van der Waals surface area (Å²) in [6.07, 6.45) is 0.266. The molecule has 4 atom stereocenters. The summed E-state index contributed by atoms with van der Waals surface area (Å²) in [4.78, 5) is 24.8. The highest BCUT2D eigenvalue weighted by Gasteiger charge is 2.44. The van der Waals surface area contributed by atoms with Crippen LogP contribution < -0.4 is 11.5 Å². The van der Waals surface area contributed by atoms with Crippen molar-refractivity contribution in [2.75, 3.05) is 31.9 Å². The first kappa shape index (κ1) is 21.3. The average Bonchev–Trinajstić information content (AvgIpc) is 3.22. The Balaban J connectivity index is 1.67. The molecule has 0 unspecified atom stereocenters. The van der Waals surface area contributed by atoms with Gasteiger partial charge in [0.2, 0.25) is 0 Å². The lowest BCUT2D eigenvalue weighted by Gasteiger charge is -2.26. The number of unbranched alkanes of at least 4 members (excludes halogenated alkanes) is 1. The minimum atomic E-state index is -1.18. The highest BCUT2D eigenvalue weighted by molar-refractivity contribution is 5.81. The van der Waals surface area contributed by atoms with Crippen LogP contribution in [0.2, 0.25) is 0 Å². The molecule has 29 heavy (non-hydrogen) atoms. The van der Waals surface area contributed by atoms with Gasteiger partial charge in [-0.2, -0.15) is 0 Å². The molecule has 0 amide bonds. The fourth-order valence-corrected chi connectivity index (χ4v) is 3.51. The summed E-state index contributed by atoms with van der Waals surface area (Å²) in [7, 11) is 0. The van der Waals surface area contributed by atoms with E-state index in [0.29, 0.717) is 50.2 Å². The number of nitrogens with two attached hydrogens (primary N) is 2. The maximum atomic E-state index is 10.7. The Morgan fingerprint density at radius 2 is 2.00 bits per heavy atom. The summed E-state index contributed by atoms with van der Waals surface area (Å²) in [5, 5.41) is 29.8. The third-order valence-electron chi connectivity index (χ3n) is 5.00. The minimum absolute atomic E-state index is 0.110. The first-order chi connectivity index (χ1) is 13.9. The van der Waals surface area contributed by atoms with Crippen molar-refractivity contribution in [3.63, 3.8) is 0 Å². The topological polar surface area (TPSA) is 186 Å². The monoisotopic (exact) mass is 409 g/mol. The van der Waals surface area contributed by atoms with Crippen LogP contribution in [0.1, 0.15) is 25.5 Å². The Kier molecular flexibility index (Phi) is 6.92. The van der Waals surface area contributed by atoms with Crippen LogP contribution in [-0.4, -0.2) is 90.2 Å². The van der Waals surface area contributed by atoms with Gasteiger partial charge in [0.15, 0.2) is 17.7 Å². The van der Waals surface area contributed by atoms with Crippen molar-refractivity contribution in [3.8, 4) is 0 Å². The molecular formula is C17H27N7O5. The number of hydrogen-bond acceptors (Lipinski definition) is 10. The number of aliphatic hydroxyl groups excluding tert-OH is 2. The van der Waals surface area contributed by atoms with Gasteiger partial charge in [0.1, 0.15) is 30.2 Å². The van der Waals surface area contributed by atoms with Gasteiger partial charge in [-0.25, -0.2) is 15.0 Å². The van der Waals surface area contributed by atoms with E-state index in [-0.39, 0.29) is 12.2 Å². The molecule has 0 saturated carbocycles. The number of nitrogens with zero attached hydrogens (tertiary/aromatic N) is 5. The van der Waals surface area contributed by atoms with Crippen LogP contribution in [0.25, 0.3) is 11.2 Å². The number of carboxylic acids is 1. The number of ether oxygens (including phenoxy) is 1. The van der Waals surface area contributed by atoms with E-state index in [2.05, 4.69) is 15.0 Å². The van der Waals surface area contributed by atoms with Crippen molar-refractivity contribution in [3.05, 3.63) is 12.7 Å². The van der Waals surface area contributed by atoms with Gasteiger partial charge in [-0.1, -0.05) is 0 Å². The first-order valence-corrected chi connectivity index (χ1v) is 9.51. The molecule has 2 aromatic rings. The molecule has 0 spiro atoms. The second-order valence-electron chi connectivity index (χ2n) is 7.07. The highest BCUT2D eigenvalue weighted by atomic mass is 16.6. The van der Waals surface area contributed by atoms with E-state index in [4.69, 9.17) is 21.3 Å². The van der Waals surface area contributed by atoms with Gasteiger partial charge in [0, 0.05) is 26.1 Å². The number of aromatic nitrogens is 4. The summed E-state index contributed by atoms with van der Waals surface area (Å²) in [6.45, 7) is 1.95. The number of rotatable bonds is 10. The predicted octanol–water partition coefficient (Wildman–Crippen LogP) is -1.46. The van der Waals surface area contributed by atoms with Crippen molar-refractivity contribution >= 4 is 23.0 Å². The average molecular weight is 409 g/mol. The Hall–Kier alpha value is -2.38. The second kappa shape index (κ2) is 9.41. The third-order valence-corrected chi connectivity index (χ3v) is 5.00. The largest absolute Gasteiger partial charge is 0.481 e. The Labute approximate surface area is 167 Å². The van der Waals surface area contributed by atoms with Gasteiger partial charge < -0.3 is 31.5 Å². The van der Waals surface area contributed by atoms with Crippen LogP contribution in [0.4, 0.5) is 5.82 Å². The van der Waals surface area contributed by atoms with E-state index >= 15 is 0 Å². The molecule has 1 aliphatic heterocycles. The number of aliphatic carboxylic acids is 1. The van der Waals surface area contributed by atoms with Crippen molar-refractivity contribution < 1.29 is 24.9 Å². The van der Waals surface area contributed by atoms with Gasteiger partial charge in [0.05, 0.1) is 6.33 Å². The summed E-state index contributed by atoms with van der Waals surface area (Å²) < 4.78 is 7.47. The molecule has 160 valence electrons. The number of hydrogen-bond donors (Lipinski definition) is 5. The lowest BCUT2D eigenvalue weighted by Crippen LogP contribution is -2.42. The number of carboxylic acid groups (broad SMARTS) is 1.